The highest BCUT2D eigenvalue weighted by atomic mass is 32.2. The first-order valence-corrected chi connectivity index (χ1v) is 8.67. The van der Waals surface area contributed by atoms with Crippen molar-refractivity contribution in [2.75, 3.05) is 19.8 Å². The average Bonchev–Trinajstić information content (AvgIpc) is 2.82. The number of rotatable bonds is 8. The van der Waals surface area contributed by atoms with Gasteiger partial charge in [-0.05, 0) is 19.1 Å². The van der Waals surface area contributed by atoms with Gasteiger partial charge in [0.25, 0.3) is 5.91 Å². The van der Waals surface area contributed by atoms with E-state index >= 15 is 0 Å². The van der Waals surface area contributed by atoms with Gasteiger partial charge in [0.2, 0.25) is 0 Å². The Balaban J connectivity index is 2.39. The topological polar surface area (TPSA) is 76.1 Å². The lowest BCUT2D eigenvalue weighted by Crippen LogP contribution is -2.27. The van der Waals surface area contributed by atoms with Gasteiger partial charge < -0.3 is 14.6 Å². The Hall–Kier alpha value is -2.32. The third kappa shape index (κ3) is 4.61. The van der Waals surface area contributed by atoms with Crippen LogP contribution in [0, 0.1) is 0 Å². The molecule has 0 radical (unpaired) electrons. The zero-order chi connectivity index (χ0) is 18.4. The third-order valence-corrected chi connectivity index (χ3v) is 4.50. The molecule has 0 bridgehead atoms. The van der Waals surface area contributed by atoms with Crippen LogP contribution in [0.5, 0.6) is 11.5 Å². The molecule has 1 saturated heterocycles. The summed E-state index contributed by atoms with van der Waals surface area (Å²) in [5, 5.41) is 8.87. The summed E-state index contributed by atoms with van der Waals surface area (Å²) in [6.07, 6.45) is 3.23. The normalized spacial score (nSPS) is 15.6. The smallest absolute Gasteiger partial charge is 0.341 e. The summed E-state index contributed by atoms with van der Waals surface area (Å²) in [7, 11) is 0. The van der Waals surface area contributed by atoms with Crippen LogP contribution in [0.3, 0.4) is 0 Å². The number of benzene rings is 1. The molecule has 1 N–H and O–H groups in total. The molecule has 2 rings (SSSR count). The molecular weight excluding hydrogens is 362 g/mol. The van der Waals surface area contributed by atoms with E-state index in [1.54, 1.807) is 30.4 Å². The van der Waals surface area contributed by atoms with Gasteiger partial charge in [-0.3, -0.25) is 9.69 Å². The number of thioether (sulfide) groups is 1. The number of carbonyl (C=O) groups excluding carboxylic acids is 1. The highest BCUT2D eigenvalue weighted by Gasteiger charge is 2.31. The van der Waals surface area contributed by atoms with Crippen LogP contribution < -0.4 is 9.47 Å². The number of aliphatic carboxylic acids is 1. The molecule has 25 heavy (non-hydrogen) atoms. The summed E-state index contributed by atoms with van der Waals surface area (Å²) in [6, 6.07) is 5.15. The van der Waals surface area contributed by atoms with Crippen molar-refractivity contribution < 1.29 is 24.2 Å². The van der Waals surface area contributed by atoms with Crippen LogP contribution in [0.2, 0.25) is 0 Å². The molecule has 132 valence electrons. The highest BCUT2D eigenvalue weighted by molar-refractivity contribution is 8.26. The van der Waals surface area contributed by atoms with Crippen molar-refractivity contribution in [1.29, 1.82) is 0 Å². The molecule has 6 nitrogen and oxygen atoms in total. The average molecular weight is 379 g/mol. The molecular formula is C17H17NO5S2. The monoisotopic (exact) mass is 379 g/mol. The molecule has 1 aromatic rings. The van der Waals surface area contributed by atoms with Gasteiger partial charge in [-0.15, -0.1) is 6.58 Å². The molecule has 0 spiro atoms. The van der Waals surface area contributed by atoms with Crippen LogP contribution in [-0.2, 0) is 9.59 Å². The fourth-order valence-corrected chi connectivity index (χ4v) is 3.40. The molecule has 1 heterocycles. The van der Waals surface area contributed by atoms with Crippen LogP contribution >= 0.6 is 24.0 Å². The minimum atomic E-state index is -1.10. The van der Waals surface area contributed by atoms with E-state index < -0.39 is 12.6 Å². The number of carboxylic acid groups (broad SMARTS) is 1. The fraction of sp³-hybridized carbons (Fsp3) is 0.235. The van der Waals surface area contributed by atoms with Crippen LogP contribution in [0.1, 0.15) is 12.5 Å². The molecule has 0 aliphatic carbocycles. The Kier molecular flexibility index (Phi) is 6.60. The SMILES string of the molecule is C=CCN1C(=O)/C(=C\c2cccc(OCC)c2OCC(=O)O)SC1=S. The second-order valence-corrected chi connectivity index (χ2v) is 6.55. The van der Waals surface area contributed by atoms with E-state index in [0.717, 1.165) is 0 Å². The second kappa shape index (κ2) is 8.68. The number of carbonyl (C=O) groups is 2. The largest absolute Gasteiger partial charge is 0.490 e. The number of carboxylic acids is 1. The van der Waals surface area contributed by atoms with E-state index in [2.05, 4.69) is 6.58 Å². The van der Waals surface area contributed by atoms with E-state index in [9.17, 15) is 9.59 Å². The maximum atomic E-state index is 12.4. The van der Waals surface area contributed by atoms with Crippen LogP contribution in [0.15, 0.2) is 35.8 Å². The van der Waals surface area contributed by atoms with Gasteiger partial charge in [-0.2, -0.15) is 0 Å². The number of thiocarbonyl (C=S) groups is 1. The fourth-order valence-electron chi connectivity index (χ4n) is 2.13. The Morgan fingerprint density at radius 3 is 2.84 bits per heavy atom. The molecule has 0 aromatic heterocycles. The zero-order valence-electron chi connectivity index (χ0n) is 13.6. The molecule has 0 unspecified atom stereocenters. The van der Waals surface area contributed by atoms with Crippen molar-refractivity contribution in [2.45, 2.75) is 6.92 Å². The van der Waals surface area contributed by atoms with Gasteiger partial charge in [0, 0.05) is 12.1 Å². The summed E-state index contributed by atoms with van der Waals surface area (Å²) >= 11 is 6.39. The minimum absolute atomic E-state index is 0.221. The quantitative estimate of drug-likeness (QED) is 0.423. The molecule has 1 amide bonds. The highest BCUT2D eigenvalue weighted by Crippen LogP contribution is 2.37. The second-order valence-electron chi connectivity index (χ2n) is 4.87. The zero-order valence-corrected chi connectivity index (χ0v) is 15.2. The number of para-hydroxylation sites is 1. The van der Waals surface area contributed by atoms with Crippen LogP contribution in [0.25, 0.3) is 6.08 Å². The first-order valence-electron chi connectivity index (χ1n) is 7.44. The summed E-state index contributed by atoms with van der Waals surface area (Å²) in [5.41, 5.74) is 0.548. The Labute approximate surface area is 155 Å². The van der Waals surface area contributed by atoms with E-state index in [1.807, 2.05) is 6.92 Å². The third-order valence-electron chi connectivity index (χ3n) is 3.12. The molecule has 8 heteroatoms. The molecule has 1 aliphatic heterocycles. The van der Waals surface area contributed by atoms with Crippen LogP contribution in [-0.4, -0.2) is 46.0 Å². The van der Waals surface area contributed by atoms with E-state index in [4.69, 9.17) is 26.8 Å². The lowest BCUT2D eigenvalue weighted by Gasteiger charge is -2.13. The number of hydrogen-bond donors (Lipinski definition) is 1. The number of hydrogen-bond acceptors (Lipinski definition) is 6. The maximum Gasteiger partial charge on any atom is 0.341 e. The van der Waals surface area contributed by atoms with Gasteiger partial charge in [-0.1, -0.05) is 42.2 Å². The van der Waals surface area contributed by atoms with Gasteiger partial charge >= 0.3 is 5.97 Å². The van der Waals surface area contributed by atoms with Gasteiger partial charge in [0.1, 0.15) is 4.32 Å². The van der Waals surface area contributed by atoms with Crippen molar-refractivity contribution in [1.82, 2.24) is 4.90 Å². The predicted octanol–water partition coefficient (Wildman–Crippen LogP) is 2.94. The predicted molar refractivity (Wildman–Crippen MR) is 101 cm³/mol. The first-order chi connectivity index (χ1) is 12.0. The molecule has 1 aliphatic rings. The Bertz CT molecular complexity index is 745. The molecule has 1 aromatic carbocycles. The van der Waals surface area contributed by atoms with Crippen LogP contribution in [0.4, 0.5) is 0 Å². The summed E-state index contributed by atoms with van der Waals surface area (Å²) < 4.78 is 11.3. The van der Waals surface area contributed by atoms with E-state index in [0.29, 0.717) is 33.7 Å². The maximum absolute atomic E-state index is 12.4. The van der Waals surface area contributed by atoms with Crippen molar-refractivity contribution in [3.05, 3.63) is 41.3 Å². The van der Waals surface area contributed by atoms with Gasteiger partial charge in [0.15, 0.2) is 18.1 Å². The minimum Gasteiger partial charge on any atom is -0.490 e. The van der Waals surface area contributed by atoms with Crippen molar-refractivity contribution in [2.24, 2.45) is 0 Å². The molecule has 1 fully saturated rings. The van der Waals surface area contributed by atoms with Crippen molar-refractivity contribution in [3.63, 3.8) is 0 Å². The summed E-state index contributed by atoms with van der Waals surface area (Å²) in [6.45, 7) is 5.65. The standard InChI is InChI=1S/C17H17NO5S2/c1-3-8-18-16(21)13(25-17(18)24)9-11-6-5-7-12(22-4-2)15(11)23-10-14(19)20/h3,5-7,9H,1,4,8,10H2,2H3,(H,19,20)/b13-9+. The Morgan fingerprint density at radius 1 is 1.44 bits per heavy atom. The summed E-state index contributed by atoms with van der Waals surface area (Å²) in [4.78, 5) is 25.1. The first kappa shape index (κ1) is 19.0. The molecule has 0 atom stereocenters. The van der Waals surface area contributed by atoms with Crippen molar-refractivity contribution in [3.8, 4) is 11.5 Å². The van der Waals surface area contributed by atoms with Gasteiger partial charge in [-0.25, -0.2) is 4.79 Å². The Morgan fingerprint density at radius 2 is 2.20 bits per heavy atom. The van der Waals surface area contributed by atoms with Crippen molar-refractivity contribution >= 4 is 46.3 Å². The number of nitrogens with zero attached hydrogens (tertiary/aromatic N) is 1. The number of amides is 1. The molecule has 0 saturated carbocycles. The van der Waals surface area contributed by atoms with E-state index in [-0.39, 0.29) is 11.7 Å². The lowest BCUT2D eigenvalue weighted by molar-refractivity contribution is -0.139. The van der Waals surface area contributed by atoms with E-state index in [1.165, 1.54) is 16.7 Å². The van der Waals surface area contributed by atoms with Gasteiger partial charge in [0.05, 0.1) is 11.5 Å². The summed E-state index contributed by atoms with van der Waals surface area (Å²) in [5.74, 6) is -0.629. The number of ether oxygens (including phenoxy) is 2. The lowest BCUT2D eigenvalue weighted by atomic mass is 10.1.